The fourth-order valence-corrected chi connectivity index (χ4v) is 2.81. The molecule has 1 N–H and O–H groups in total. The highest BCUT2D eigenvalue weighted by Crippen LogP contribution is 2.19. The first-order valence-electron chi connectivity index (χ1n) is 11.5. The third kappa shape index (κ3) is 18.4. The Bertz CT molecular complexity index is 1060. The minimum Gasteiger partial charge on any atom is -0.345 e. The summed E-state index contributed by atoms with van der Waals surface area (Å²) in [6.45, 7) is 8.84. The predicted molar refractivity (Wildman–Crippen MR) is 160 cm³/mol. The zero-order valence-corrected chi connectivity index (χ0v) is 23.6. The average Bonchev–Trinajstić information content (AvgIpc) is 3.63. The third-order valence-corrected chi connectivity index (χ3v) is 4.82. The van der Waals surface area contributed by atoms with Crippen molar-refractivity contribution >= 4 is 35.4 Å². The van der Waals surface area contributed by atoms with Crippen LogP contribution in [0.3, 0.4) is 0 Å². The fourth-order valence-electron chi connectivity index (χ4n) is 2.69. The number of benzene rings is 1. The highest BCUT2D eigenvalue weighted by Gasteiger charge is 2.10. The second kappa shape index (κ2) is 24.8. The number of halogens is 3. The monoisotopic (exact) mass is 556 g/mol. The number of terminal acetylenes is 2. The van der Waals surface area contributed by atoms with Gasteiger partial charge >= 0.3 is 0 Å². The highest BCUT2D eigenvalue weighted by molar-refractivity contribution is 6.29. The lowest BCUT2D eigenvalue weighted by Crippen LogP contribution is -2.15. The van der Waals surface area contributed by atoms with Crippen molar-refractivity contribution in [2.75, 3.05) is 18.4 Å². The Morgan fingerprint density at radius 3 is 2.13 bits per heavy atom. The highest BCUT2D eigenvalue weighted by atomic mass is 35.5. The second-order valence-corrected chi connectivity index (χ2v) is 8.21. The summed E-state index contributed by atoms with van der Waals surface area (Å²) in [5, 5.41) is 8.10. The van der Waals surface area contributed by atoms with E-state index in [-0.39, 0.29) is 5.82 Å². The molecule has 1 amide bonds. The Morgan fingerprint density at radius 1 is 1.08 bits per heavy atom. The molecule has 1 saturated heterocycles. The van der Waals surface area contributed by atoms with Crippen LogP contribution >= 0.6 is 23.2 Å². The van der Waals surface area contributed by atoms with E-state index >= 15 is 0 Å². The normalized spacial score (nSPS) is 12.8. The first kappa shape index (κ1) is 36.3. The molecule has 0 spiro atoms. The number of hydrogen-bond acceptors (Lipinski definition) is 3. The lowest BCUT2D eigenvalue weighted by atomic mass is 10.2. The maximum absolute atomic E-state index is 11.9. The molecule has 1 aromatic heterocycles. The van der Waals surface area contributed by atoms with Crippen LogP contribution in [0, 0.1) is 43.4 Å². The standard InChI is InChI=1S/C8H11N3.C7H6Cl2.C6H5F.C5H9NO.2C2H2/c1-6-5-11-8(3-4-9-11)10-7(6)2;1-7(9)5-3-2-4-6-8;7-6-4-2-1-3-5-6;7-5-6-3-1-2-4-6;2*1-2/h3-4,10H,5H2,1-2H3;4-6H,1H3;1-5H;5H,1-4H2;2*1-2H/b;6-4+,7-5+;;;;. The van der Waals surface area contributed by atoms with Crippen molar-refractivity contribution in [3.05, 3.63) is 82.4 Å². The van der Waals surface area contributed by atoms with E-state index in [9.17, 15) is 9.18 Å². The lowest BCUT2D eigenvalue weighted by Gasteiger charge is -2.18. The third-order valence-electron chi connectivity index (χ3n) is 4.58. The van der Waals surface area contributed by atoms with E-state index in [2.05, 4.69) is 61.8 Å². The predicted octanol–water partition coefficient (Wildman–Crippen LogP) is 7.05. The first-order valence-corrected chi connectivity index (χ1v) is 12.3. The molecule has 4 rings (SSSR count). The first-order chi connectivity index (χ1) is 18.4. The average molecular weight is 558 g/mol. The van der Waals surface area contributed by atoms with Crippen molar-refractivity contribution in [2.24, 2.45) is 0 Å². The summed E-state index contributed by atoms with van der Waals surface area (Å²) in [5.74, 6) is 6.23. The number of fused-ring (bicyclic) bond motifs is 1. The van der Waals surface area contributed by atoms with Gasteiger partial charge in [0.1, 0.15) is 11.6 Å². The molecule has 8 heteroatoms. The summed E-state index contributed by atoms with van der Waals surface area (Å²) < 4.78 is 13.9. The van der Waals surface area contributed by atoms with E-state index in [0.717, 1.165) is 31.9 Å². The molecule has 0 bridgehead atoms. The second-order valence-electron chi connectivity index (χ2n) is 7.36. The van der Waals surface area contributed by atoms with Crippen LogP contribution in [0.4, 0.5) is 10.2 Å². The topological polar surface area (TPSA) is 50.2 Å². The largest absolute Gasteiger partial charge is 0.345 e. The van der Waals surface area contributed by atoms with Crippen LogP contribution in [0.1, 0.15) is 33.6 Å². The molecular formula is C30H35Cl2FN4O. The summed E-state index contributed by atoms with van der Waals surface area (Å²) >= 11 is 10.6. The number of nitrogens with one attached hydrogen (secondary N) is 1. The molecule has 0 radical (unpaired) electrons. The Morgan fingerprint density at radius 2 is 1.68 bits per heavy atom. The summed E-state index contributed by atoms with van der Waals surface area (Å²) in [6, 6.07) is 9.92. The minimum absolute atomic E-state index is 0.178. The molecule has 2 aromatic rings. The van der Waals surface area contributed by atoms with Crippen molar-refractivity contribution < 1.29 is 9.18 Å². The van der Waals surface area contributed by atoms with E-state index in [0.29, 0.717) is 5.03 Å². The SMILES string of the molecule is C#C.C#C.C/C(Cl)=C\C#C/C=C/Cl.CC1=C(C)Nc2ccnn2C1.Fc1ccccc1.O=CN1CCCC1. The van der Waals surface area contributed by atoms with Gasteiger partial charge in [-0.25, -0.2) is 9.07 Å². The van der Waals surface area contributed by atoms with Crippen LogP contribution in [-0.4, -0.2) is 34.2 Å². The number of allylic oxidation sites excluding steroid dienone is 5. The summed E-state index contributed by atoms with van der Waals surface area (Å²) in [5.41, 5.74) is 3.95. The molecule has 2 aliphatic rings. The number of likely N-dealkylation sites (tertiary alicyclic amines) is 1. The van der Waals surface area contributed by atoms with Gasteiger partial charge in [-0.3, -0.25) is 4.79 Å². The molecule has 202 valence electrons. The number of aromatic nitrogens is 2. The van der Waals surface area contributed by atoms with Gasteiger partial charge in [0.15, 0.2) is 0 Å². The van der Waals surface area contributed by atoms with Crippen LogP contribution in [-0.2, 0) is 11.3 Å². The van der Waals surface area contributed by atoms with E-state index in [4.69, 9.17) is 23.2 Å². The zero-order valence-electron chi connectivity index (χ0n) is 22.1. The van der Waals surface area contributed by atoms with Crippen molar-refractivity contribution in [1.82, 2.24) is 14.7 Å². The minimum atomic E-state index is -0.178. The van der Waals surface area contributed by atoms with Crippen LogP contribution in [0.5, 0.6) is 0 Å². The number of carbonyl (C=O) groups excluding carboxylic acids is 1. The fraction of sp³-hybridized carbons (Fsp3) is 0.267. The van der Waals surface area contributed by atoms with Gasteiger partial charge in [-0.15, -0.1) is 25.7 Å². The summed E-state index contributed by atoms with van der Waals surface area (Å²) in [6.07, 6.45) is 24.3. The van der Waals surface area contributed by atoms with Crippen LogP contribution < -0.4 is 5.32 Å². The van der Waals surface area contributed by atoms with Gasteiger partial charge in [0, 0.05) is 41.5 Å². The number of rotatable bonds is 1. The smallest absolute Gasteiger partial charge is 0.209 e. The number of carbonyl (C=O) groups is 1. The van der Waals surface area contributed by atoms with E-state index in [1.54, 1.807) is 36.1 Å². The van der Waals surface area contributed by atoms with Crippen molar-refractivity contribution in [3.63, 3.8) is 0 Å². The Kier molecular flexibility index (Phi) is 23.7. The quantitative estimate of drug-likeness (QED) is 0.302. The number of anilines is 1. The summed E-state index contributed by atoms with van der Waals surface area (Å²) in [7, 11) is 0. The van der Waals surface area contributed by atoms with Crippen LogP contribution in [0.2, 0.25) is 0 Å². The van der Waals surface area contributed by atoms with Gasteiger partial charge in [-0.2, -0.15) is 5.10 Å². The maximum atomic E-state index is 11.9. The van der Waals surface area contributed by atoms with E-state index in [1.165, 1.54) is 47.9 Å². The van der Waals surface area contributed by atoms with Gasteiger partial charge in [0.2, 0.25) is 6.41 Å². The van der Waals surface area contributed by atoms with E-state index in [1.807, 2.05) is 16.9 Å². The van der Waals surface area contributed by atoms with Gasteiger partial charge in [0.05, 0.1) is 12.7 Å². The van der Waals surface area contributed by atoms with Crippen LogP contribution in [0.25, 0.3) is 0 Å². The number of nitrogens with zero attached hydrogens (tertiary/aromatic N) is 3. The van der Waals surface area contributed by atoms with Crippen LogP contribution in [0.15, 0.2) is 76.6 Å². The van der Waals surface area contributed by atoms with Gasteiger partial charge in [0.25, 0.3) is 0 Å². The van der Waals surface area contributed by atoms with Crippen molar-refractivity contribution in [1.29, 1.82) is 0 Å². The Hall–Kier alpha value is -3.89. The molecule has 1 aromatic carbocycles. The van der Waals surface area contributed by atoms with Gasteiger partial charge in [-0.05, 0) is 57.4 Å². The molecule has 38 heavy (non-hydrogen) atoms. The molecule has 0 atom stereocenters. The molecule has 0 aliphatic carbocycles. The van der Waals surface area contributed by atoms with E-state index < -0.39 is 0 Å². The number of amides is 1. The molecular weight excluding hydrogens is 522 g/mol. The zero-order chi connectivity index (χ0) is 29.2. The van der Waals surface area contributed by atoms with Gasteiger partial charge < -0.3 is 10.2 Å². The Balaban J connectivity index is 0. The number of hydrogen-bond donors (Lipinski definition) is 1. The molecule has 0 unspecified atom stereocenters. The molecule has 1 fully saturated rings. The van der Waals surface area contributed by atoms with Crippen molar-refractivity contribution in [3.8, 4) is 37.5 Å². The summed E-state index contributed by atoms with van der Waals surface area (Å²) in [4.78, 5) is 11.7. The Labute approximate surface area is 237 Å². The molecule has 5 nitrogen and oxygen atoms in total. The molecule has 3 heterocycles. The molecule has 0 saturated carbocycles. The van der Waals surface area contributed by atoms with Crippen molar-refractivity contribution in [2.45, 2.75) is 40.2 Å². The lowest BCUT2D eigenvalue weighted by molar-refractivity contribution is -0.117. The van der Waals surface area contributed by atoms with Gasteiger partial charge in [-0.1, -0.05) is 53.2 Å². The molecule has 2 aliphatic heterocycles. The maximum Gasteiger partial charge on any atom is 0.209 e.